The Morgan fingerprint density at radius 3 is 2.54 bits per heavy atom. The number of fused-ring (bicyclic) bond motifs is 1. The van der Waals surface area contributed by atoms with Gasteiger partial charge in [0.05, 0.1) is 11.9 Å². The first-order valence-electron chi connectivity index (χ1n) is 8.85. The Hall–Kier alpha value is -3.14. The third kappa shape index (κ3) is 3.31. The van der Waals surface area contributed by atoms with Gasteiger partial charge in [-0.15, -0.1) is 0 Å². The van der Waals surface area contributed by atoms with Crippen LogP contribution in [0.3, 0.4) is 0 Å². The van der Waals surface area contributed by atoms with E-state index in [1.165, 1.54) is 11.1 Å². The number of para-hydroxylation sites is 1. The molecule has 4 heteroatoms. The van der Waals surface area contributed by atoms with E-state index < -0.39 is 0 Å². The molecule has 4 rings (SSSR count). The van der Waals surface area contributed by atoms with Crippen molar-refractivity contribution in [2.45, 2.75) is 19.9 Å². The second kappa shape index (κ2) is 7.00. The summed E-state index contributed by atoms with van der Waals surface area (Å²) >= 11 is 0. The van der Waals surface area contributed by atoms with Gasteiger partial charge in [-0.3, -0.25) is 4.79 Å². The minimum Gasteiger partial charge on any atom is -0.366 e. The molecule has 0 radical (unpaired) electrons. The summed E-state index contributed by atoms with van der Waals surface area (Å²) in [5.41, 5.74) is 6.10. The van der Waals surface area contributed by atoms with Crippen molar-refractivity contribution < 1.29 is 4.79 Å². The van der Waals surface area contributed by atoms with Gasteiger partial charge in [0, 0.05) is 18.8 Å². The van der Waals surface area contributed by atoms with E-state index >= 15 is 0 Å². The van der Waals surface area contributed by atoms with Gasteiger partial charge >= 0.3 is 0 Å². The lowest BCUT2D eigenvalue weighted by atomic mass is 10.00. The van der Waals surface area contributed by atoms with Crippen LogP contribution in [0.1, 0.15) is 27.2 Å². The van der Waals surface area contributed by atoms with Gasteiger partial charge in [-0.05, 0) is 48.2 Å². The summed E-state index contributed by atoms with van der Waals surface area (Å²) in [6.45, 7) is 3.82. The minimum atomic E-state index is -0.185. The third-order valence-electron chi connectivity index (χ3n) is 4.87. The lowest BCUT2D eigenvalue weighted by Gasteiger charge is -2.30. The van der Waals surface area contributed by atoms with Crippen LogP contribution < -0.4 is 10.2 Å². The molecule has 26 heavy (non-hydrogen) atoms. The van der Waals surface area contributed by atoms with Crippen LogP contribution in [0.15, 0.2) is 66.9 Å². The van der Waals surface area contributed by atoms with Crippen LogP contribution in [0.5, 0.6) is 0 Å². The van der Waals surface area contributed by atoms with Gasteiger partial charge in [-0.25, -0.2) is 4.98 Å². The van der Waals surface area contributed by atoms with Crippen LogP contribution in [0.2, 0.25) is 0 Å². The second-order valence-corrected chi connectivity index (χ2v) is 6.61. The molecule has 1 amide bonds. The van der Waals surface area contributed by atoms with E-state index in [1.54, 1.807) is 12.3 Å². The van der Waals surface area contributed by atoms with Gasteiger partial charge in [-0.2, -0.15) is 0 Å². The van der Waals surface area contributed by atoms with Gasteiger partial charge < -0.3 is 10.2 Å². The highest BCUT2D eigenvalue weighted by Crippen LogP contribution is 2.24. The smallest absolute Gasteiger partial charge is 0.274 e. The van der Waals surface area contributed by atoms with Gasteiger partial charge in [0.25, 0.3) is 5.91 Å². The summed E-state index contributed by atoms with van der Waals surface area (Å²) < 4.78 is 0. The van der Waals surface area contributed by atoms with Crippen molar-refractivity contribution >= 4 is 17.3 Å². The predicted octanol–water partition coefficient (Wildman–Crippen LogP) is 4.21. The van der Waals surface area contributed by atoms with E-state index in [0.29, 0.717) is 5.69 Å². The predicted molar refractivity (Wildman–Crippen MR) is 105 cm³/mol. The molecule has 0 bridgehead atoms. The summed E-state index contributed by atoms with van der Waals surface area (Å²) in [6.07, 6.45) is 2.83. The highest BCUT2D eigenvalue weighted by Gasteiger charge is 2.17. The number of benzene rings is 2. The van der Waals surface area contributed by atoms with Crippen molar-refractivity contribution in [2.75, 3.05) is 16.8 Å². The van der Waals surface area contributed by atoms with Crippen LogP contribution in [0.4, 0.5) is 11.4 Å². The van der Waals surface area contributed by atoms with Crippen LogP contribution in [-0.2, 0) is 13.0 Å². The molecule has 0 atom stereocenters. The maximum absolute atomic E-state index is 12.4. The Labute approximate surface area is 153 Å². The van der Waals surface area contributed by atoms with Crippen molar-refractivity contribution in [3.05, 3.63) is 89.2 Å². The first-order valence-corrected chi connectivity index (χ1v) is 8.85. The number of nitrogens with zero attached hydrogens (tertiary/aromatic N) is 2. The zero-order valence-electron chi connectivity index (χ0n) is 14.8. The highest BCUT2D eigenvalue weighted by atomic mass is 16.1. The van der Waals surface area contributed by atoms with E-state index in [9.17, 15) is 4.79 Å². The molecule has 1 aliphatic heterocycles. The van der Waals surface area contributed by atoms with Gasteiger partial charge in [0.1, 0.15) is 5.69 Å². The number of nitrogens with one attached hydrogen (secondary N) is 1. The number of carbonyl (C=O) groups excluding carboxylic acids is 1. The molecule has 0 saturated carbocycles. The van der Waals surface area contributed by atoms with E-state index in [-0.39, 0.29) is 5.91 Å². The second-order valence-electron chi connectivity index (χ2n) is 6.61. The molecule has 0 fully saturated rings. The molecule has 0 spiro atoms. The van der Waals surface area contributed by atoms with Crippen molar-refractivity contribution in [2.24, 2.45) is 0 Å². The molecule has 1 N–H and O–H groups in total. The maximum atomic E-state index is 12.4. The van der Waals surface area contributed by atoms with Crippen molar-refractivity contribution in [3.8, 4) is 0 Å². The van der Waals surface area contributed by atoms with Crippen LogP contribution in [0.25, 0.3) is 0 Å². The van der Waals surface area contributed by atoms with E-state index in [1.807, 2.05) is 37.3 Å². The quantitative estimate of drug-likeness (QED) is 0.775. The molecule has 4 nitrogen and oxygen atoms in total. The number of anilines is 2. The Balaban J connectivity index is 1.47. The van der Waals surface area contributed by atoms with Crippen molar-refractivity contribution in [3.63, 3.8) is 0 Å². The molecule has 130 valence electrons. The highest BCUT2D eigenvalue weighted by molar-refractivity contribution is 6.03. The lowest BCUT2D eigenvalue weighted by molar-refractivity contribution is 0.102. The monoisotopic (exact) mass is 343 g/mol. The summed E-state index contributed by atoms with van der Waals surface area (Å²) in [5.74, 6) is -0.185. The molecular weight excluding hydrogens is 322 g/mol. The fourth-order valence-electron chi connectivity index (χ4n) is 3.32. The molecule has 1 aliphatic rings. The largest absolute Gasteiger partial charge is 0.366 e. The first kappa shape index (κ1) is 16.3. The van der Waals surface area contributed by atoms with Gasteiger partial charge in [0.15, 0.2) is 0 Å². The van der Waals surface area contributed by atoms with Crippen LogP contribution in [0, 0.1) is 6.92 Å². The minimum absolute atomic E-state index is 0.185. The zero-order valence-corrected chi connectivity index (χ0v) is 14.8. The Morgan fingerprint density at radius 1 is 1.00 bits per heavy atom. The fraction of sp³-hybridized carbons (Fsp3) is 0.182. The van der Waals surface area contributed by atoms with Gasteiger partial charge in [0.2, 0.25) is 0 Å². The Bertz CT molecular complexity index is 934. The average molecular weight is 343 g/mol. The summed E-state index contributed by atoms with van der Waals surface area (Å²) in [7, 11) is 0. The fourth-order valence-corrected chi connectivity index (χ4v) is 3.32. The number of pyridine rings is 1. The number of aromatic nitrogens is 1. The molecule has 0 saturated heterocycles. The Kier molecular flexibility index (Phi) is 4.40. The Morgan fingerprint density at radius 2 is 1.77 bits per heavy atom. The van der Waals surface area contributed by atoms with E-state index in [0.717, 1.165) is 36.4 Å². The van der Waals surface area contributed by atoms with Crippen molar-refractivity contribution in [1.82, 2.24) is 4.98 Å². The van der Waals surface area contributed by atoms with Crippen LogP contribution in [-0.4, -0.2) is 17.4 Å². The van der Waals surface area contributed by atoms with Crippen molar-refractivity contribution in [1.29, 1.82) is 0 Å². The number of amides is 1. The van der Waals surface area contributed by atoms with E-state index in [2.05, 4.69) is 39.5 Å². The SMILES string of the molecule is Cc1ccccc1NC(=O)c1ccc(N2CCc3ccccc3C2)cn1. The summed E-state index contributed by atoms with van der Waals surface area (Å²) in [6, 6.07) is 20.1. The number of carbonyl (C=O) groups is 1. The average Bonchev–Trinajstić information content (AvgIpc) is 2.69. The first-order chi connectivity index (χ1) is 12.7. The number of rotatable bonds is 3. The van der Waals surface area contributed by atoms with Crippen LogP contribution >= 0.6 is 0 Å². The molecule has 0 aliphatic carbocycles. The molecular formula is C22H21N3O. The molecule has 2 heterocycles. The number of hydrogen-bond donors (Lipinski definition) is 1. The third-order valence-corrected chi connectivity index (χ3v) is 4.87. The zero-order chi connectivity index (χ0) is 17.9. The molecule has 1 aromatic heterocycles. The lowest BCUT2D eigenvalue weighted by Crippen LogP contribution is -2.30. The summed E-state index contributed by atoms with van der Waals surface area (Å²) in [4.78, 5) is 19.1. The molecule has 2 aromatic carbocycles. The van der Waals surface area contributed by atoms with Gasteiger partial charge in [-0.1, -0.05) is 42.5 Å². The summed E-state index contributed by atoms with van der Waals surface area (Å²) in [5, 5.41) is 2.92. The normalized spacial score (nSPS) is 13.2. The molecule has 3 aromatic rings. The standard InChI is InChI=1S/C22H21N3O/c1-16-6-2-5-9-20(16)24-22(26)21-11-10-19(14-23-21)25-13-12-17-7-3-4-8-18(17)15-25/h2-11,14H,12-13,15H2,1H3,(H,24,26). The molecule has 0 unspecified atom stereocenters. The maximum Gasteiger partial charge on any atom is 0.274 e. The topological polar surface area (TPSA) is 45.2 Å². The number of aryl methyl sites for hydroxylation is 1. The number of hydrogen-bond acceptors (Lipinski definition) is 3. The van der Waals surface area contributed by atoms with E-state index in [4.69, 9.17) is 0 Å².